The van der Waals surface area contributed by atoms with Crippen molar-refractivity contribution in [2.75, 3.05) is 6.54 Å². The van der Waals surface area contributed by atoms with Crippen LogP contribution in [0.4, 0.5) is 0 Å². The molecule has 15 heavy (non-hydrogen) atoms. The van der Waals surface area contributed by atoms with Crippen molar-refractivity contribution in [3.8, 4) is 0 Å². The lowest BCUT2D eigenvalue weighted by Gasteiger charge is -2.08. The molecule has 1 aromatic rings. The Hall–Kier alpha value is -0.390. The first-order valence-electron chi connectivity index (χ1n) is 4.74. The van der Waals surface area contributed by atoms with Crippen molar-refractivity contribution in [3.63, 3.8) is 0 Å². The predicted octanol–water partition coefficient (Wildman–Crippen LogP) is 2.45. The fourth-order valence-electron chi connectivity index (χ4n) is 1.14. The Balaban J connectivity index is 3.10. The van der Waals surface area contributed by atoms with E-state index in [1.807, 2.05) is 19.9 Å². The van der Waals surface area contributed by atoms with Crippen LogP contribution in [0.2, 0.25) is 0 Å². The summed E-state index contributed by atoms with van der Waals surface area (Å²) >= 11 is 3.29. The van der Waals surface area contributed by atoms with Crippen LogP contribution in [-0.4, -0.2) is 15.0 Å². The quantitative estimate of drug-likeness (QED) is 0.926. The average Bonchev–Trinajstić information content (AvgIpc) is 2.19. The van der Waals surface area contributed by atoms with Crippen LogP contribution in [0.1, 0.15) is 18.9 Å². The lowest BCUT2D eigenvalue weighted by molar-refractivity contribution is 0.580. The van der Waals surface area contributed by atoms with Gasteiger partial charge in [-0.25, -0.2) is 13.1 Å². The predicted molar refractivity (Wildman–Crippen MR) is 64.4 cm³/mol. The number of hydrogen-bond donors (Lipinski definition) is 1. The van der Waals surface area contributed by atoms with Gasteiger partial charge in [-0.1, -0.05) is 19.1 Å². The van der Waals surface area contributed by atoms with Crippen LogP contribution in [0.3, 0.4) is 0 Å². The van der Waals surface area contributed by atoms with E-state index >= 15 is 0 Å². The summed E-state index contributed by atoms with van der Waals surface area (Å²) in [6.45, 7) is 4.25. The highest BCUT2D eigenvalue weighted by Crippen LogP contribution is 2.24. The van der Waals surface area contributed by atoms with Crippen molar-refractivity contribution in [2.24, 2.45) is 0 Å². The molecule has 0 aliphatic carbocycles. The van der Waals surface area contributed by atoms with E-state index in [0.717, 1.165) is 12.0 Å². The maximum atomic E-state index is 11.8. The number of benzene rings is 1. The molecule has 1 N–H and O–H groups in total. The summed E-state index contributed by atoms with van der Waals surface area (Å²) < 4.78 is 26.8. The monoisotopic (exact) mass is 291 g/mol. The van der Waals surface area contributed by atoms with E-state index in [-0.39, 0.29) is 0 Å². The molecule has 5 heteroatoms. The Labute approximate surface area is 99.1 Å². The Bertz CT molecular complexity index is 443. The minimum absolute atomic E-state index is 0.302. The molecule has 0 aliphatic heterocycles. The Kier molecular flexibility index (Phi) is 4.31. The molecule has 1 rings (SSSR count). The van der Waals surface area contributed by atoms with E-state index in [4.69, 9.17) is 0 Å². The molecule has 1 aromatic carbocycles. The van der Waals surface area contributed by atoms with Gasteiger partial charge in [-0.2, -0.15) is 0 Å². The third-order valence-electron chi connectivity index (χ3n) is 1.99. The number of sulfonamides is 1. The number of aryl methyl sites for hydroxylation is 1. The number of halogens is 1. The van der Waals surface area contributed by atoms with E-state index < -0.39 is 10.0 Å². The van der Waals surface area contributed by atoms with Gasteiger partial charge in [-0.15, -0.1) is 0 Å². The Morgan fingerprint density at radius 3 is 2.67 bits per heavy atom. The summed E-state index contributed by atoms with van der Waals surface area (Å²) in [5.41, 5.74) is 0.911. The summed E-state index contributed by atoms with van der Waals surface area (Å²) in [7, 11) is -3.37. The fraction of sp³-hybridized carbons (Fsp3) is 0.400. The van der Waals surface area contributed by atoms with Gasteiger partial charge in [-0.3, -0.25) is 0 Å². The van der Waals surface area contributed by atoms with E-state index in [2.05, 4.69) is 20.7 Å². The molecule has 0 bridgehead atoms. The smallest absolute Gasteiger partial charge is 0.211 e. The average molecular weight is 292 g/mol. The van der Waals surface area contributed by atoms with Crippen molar-refractivity contribution in [3.05, 3.63) is 28.2 Å². The molecule has 0 aromatic heterocycles. The molecular formula is C10H14BrNO2S. The van der Waals surface area contributed by atoms with Gasteiger partial charge in [0.1, 0.15) is 0 Å². The van der Waals surface area contributed by atoms with Crippen molar-refractivity contribution < 1.29 is 8.42 Å². The summed E-state index contributed by atoms with van der Waals surface area (Å²) in [6.07, 6.45) is 0.780. The summed E-state index contributed by atoms with van der Waals surface area (Å²) in [5, 5.41) is 0. The van der Waals surface area contributed by atoms with Crippen LogP contribution in [0.5, 0.6) is 0 Å². The SMILES string of the molecule is CCCNS(=O)(=O)c1cccc(C)c1Br. The zero-order valence-electron chi connectivity index (χ0n) is 8.75. The Morgan fingerprint density at radius 1 is 1.40 bits per heavy atom. The maximum Gasteiger partial charge on any atom is 0.241 e. The first kappa shape index (κ1) is 12.7. The standard InChI is InChI=1S/C10H14BrNO2S/c1-3-7-12-15(13,14)9-6-4-5-8(2)10(9)11/h4-6,12H,3,7H2,1-2H3. The second-order valence-electron chi connectivity index (χ2n) is 3.28. The molecule has 0 unspecified atom stereocenters. The van der Waals surface area contributed by atoms with Crippen LogP contribution in [0.15, 0.2) is 27.6 Å². The first-order valence-corrected chi connectivity index (χ1v) is 7.01. The van der Waals surface area contributed by atoms with Crippen molar-refractivity contribution in [1.29, 1.82) is 0 Å². The second-order valence-corrected chi connectivity index (χ2v) is 5.81. The lowest BCUT2D eigenvalue weighted by atomic mass is 10.2. The second kappa shape index (κ2) is 5.09. The van der Waals surface area contributed by atoms with Crippen LogP contribution < -0.4 is 4.72 Å². The Morgan fingerprint density at radius 2 is 2.07 bits per heavy atom. The van der Waals surface area contributed by atoms with E-state index in [1.54, 1.807) is 12.1 Å². The van der Waals surface area contributed by atoms with E-state index in [1.165, 1.54) is 0 Å². The minimum atomic E-state index is -3.37. The zero-order valence-corrected chi connectivity index (χ0v) is 11.2. The normalized spacial score (nSPS) is 11.7. The number of rotatable bonds is 4. The van der Waals surface area contributed by atoms with Crippen molar-refractivity contribution in [1.82, 2.24) is 4.72 Å². The molecule has 0 saturated heterocycles. The molecule has 0 heterocycles. The molecule has 0 aliphatic rings. The summed E-state index contributed by atoms with van der Waals surface area (Å²) in [4.78, 5) is 0.302. The molecule has 0 fully saturated rings. The third-order valence-corrected chi connectivity index (χ3v) is 4.81. The van der Waals surface area contributed by atoms with Crippen LogP contribution in [0, 0.1) is 6.92 Å². The van der Waals surface area contributed by atoms with Gasteiger partial charge < -0.3 is 0 Å². The van der Waals surface area contributed by atoms with Crippen LogP contribution in [-0.2, 0) is 10.0 Å². The zero-order chi connectivity index (χ0) is 11.5. The van der Waals surface area contributed by atoms with E-state index in [9.17, 15) is 8.42 Å². The van der Waals surface area contributed by atoms with Gasteiger partial charge in [0.05, 0.1) is 4.90 Å². The molecule has 0 radical (unpaired) electrons. The first-order chi connectivity index (χ1) is 6.99. The van der Waals surface area contributed by atoms with Crippen molar-refractivity contribution >= 4 is 26.0 Å². The molecule has 0 spiro atoms. The molecule has 0 saturated carbocycles. The van der Waals surface area contributed by atoms with Gasteiger partial charge in [-0.05, 0) is 40.9 Å². The number of nitrogens with one attached hydrogen (secondary N) is 1. The molecular weight excluding hydrogens is 278 g/mol. The fourth-order valence-corrected chi connectivity index (χ4v) is 3.33. The molecule has 3 nitrogen and oxygen atoms in total. The largest absolute Gasteiger partial charge is 0.241 e. The highest BCUT2D eigenvalue weighted by molar-refractivity contribution is 9.10. The minimum Gasteiger partial charge on any atom is -0.211 e. The van der Waals surface area contributed by atoms with Crippen LogP contribution in [0.25, 0.3) is 0 Å². The molecule has 0 amide bonds. The lowest BCUT2D eigenvalue weighted by Crippen LogP contribution is -2.24. The maximum absolute atomic E-state index is 11.8. The van der Waals surface area contributed by atoms with Gasteiger partial charge in [0.15, 0.2) is 0 Å². The topological polar surface area (TPSA) is 46.2 Å². The van der Waals surface area contributed by atoms with Gasteiger partial charge in [0.25, 0.3) is 0 Å². The summed E-state index contributed by atoms with van der Waals surface area (Å²) in [5.74, 6) is 0. The molecule has 0 atom stereocenters. The van der Waals surface area contributed by atoms with Gasteiger partial charge in [0, 0.05) is 11.0 Å². The van der Waals surface area contributed by atoms with Crippen LogP contribution >= 0.6 is 15.9 Å². The van der Waals surface area contributed by atoms with E-state index in [0.29, 0.717) is 15.9 Å². The van der Waals surface area contributed by atoms with Crippen molar-refractivity contribution in [2.45, 2.75) is 25.2 Å². The molecule has 84 valence electrons. The highest BCUT2D eigenvalue weighted by atomic mass is 79.9. The highest BCUT2D eigenvalue weighted by Gasteiger charge is 2.17. The third kappa shape index (κ3) is 3.03. The van der Waals surface area contributed by atoms with Gasteiger partial charge in [0.2, 0.25) is 10.0 Å². The summed E-state index contributed by atoms with van der Waals surface area (Å²) in [6, 6.07) is 5.19. The van der Waals surface area contributed by atoms with Gasteiger partial charge >= 0.3 is 0 Å². The number of hydrogen-bond acceptors (Lipinski definition) is 2.